The second-order valence-corrected chi connectivity index (χ2v) is 5.57. The van der Waals surface area contributed by atoms with Crippen LogP contribution in [0.3, 0.4) is 0 Å². The molecule has 0 atom stereocenters. The molecule has 0 bridgehead atoms. The summed E-state index contributed by atoms with van der Waals surface area (Å²) in [6.07, 6.45) is 4.83. The number of rotatable bonds is 5. The van der Waals surface area contributed by atoms with Crippen molar-refractivity contribution in [1.82, 2.24) is 0 Å². The Bertz CT molecular complexity index is 563. The van der Waals surface area contributed by atoms with Gasteiger partial charge in [0, 0.05) is 24.5 Å². The Labute approximate surface area is 121 Å². The van der Waals surface area contributed by atoms with E-state index in [0.717, 1.165) is 25.2 Å². The highest BCUT2D eigenvalue weighted by Crippen LogP contribution is 2.30. The molecular weight excluding hydrogens is 244 g/mol. The fourth-order valence-corrected chi connectivity index (χ4v) is 2.97. The second-order valence-electron chi connectivity index (χ2n) is 5.57. The maximum atomic E-state index is 5.90. The molecule has 0 aromatic heterocycles. The van der Waals surface area contributed by atoms with Gasteiger partial charge in [-0.1, -0.05) is 36.4 Å². The third-order valence-electron chi connectivity index (χ3n) is 4.09. The Balaban J connectivity index is 1.50. The van der Waals surface area contributed by atoms with Crippen LogP contribution in [0.25, 0.3) is 0 Å². The Morgan fingerprint density at radius 3 is 2.70 bits per heavy atom. The summed E-state index contributed by atoms with van der Waals surface area (Å²) in [6, 6.07) is 17.1. The molecule has 0 aliphatic carbocycles. The van der Waals surface area contributed by atoms with Crippen LogP contribution in [-0.2, 0) is 12.8 Å². The van der Waals surface area contributed by atoms with Gasteiger partial charge >= 0.3 is 0 Å². The molecular formula is C18H22N2. The molecule has 2 heteroatoms. The predicted octanol–water partition coefficient (Wildman–Crippen LogP) is 3.65. The van der Waals surface area contributed by atoms with Crippen molar-refractivity contribution in [2.45, 2.75) is 25.7 Å². The van der Waals surface area contributed by atoms with E-state index in [2.05, 4.69) is 47.4 Å². The summed E-state index contributed by atoms with van der Waals surface area (Å²) in [5.41, 5.74) is 11.0. The highest BCUT2D eigenvalue weighted by molar-refractivity contribution is 5.64. The van der Waals surface area contributed by atoms with Crippen LogP contribution < -0.4 is 10.6 Å². The number of hydrogen-bond donors (Lipinski definition) is 1. The van der Waals surface area contributed by atoms with Crippen LogP contribution in [-0.4, -0.2) is 13.1 Å². The molecule has 1 aliphatic rings. The van der Waals surface area contributed by atoms with Crippen molar-refractivity contribution < 1.29 is 0 Å². The summed E-state index contributed by atoms with van der Waals surface area (Å²) in [5.74, 6) is 0. The summed E-state index contributed by atoms with van der Waals surface area (Å²) < 4.78 is 0. The quantitative estimate of drug-likeness (QED) is 0.661. The number of nitrogens with two attached hydrogens (primary N) is 1. The summed E-state index contributed by atoms with van der Waals surface area (Å²) in [6.45, 7) is 2.29. The maximum absolute atomic E-state index is 5.90. The molecule has 0 fully saturated rings. The molecule has 104 valence electrons. The highest BCUT2D eigenvalue weighted by Gasteiger charge is 2.18. The van der Waals surface area contributed by atoms with E-state index < -0.39 is 0 Å². The average Bonchev–Trinajstić information content (AvgIpc) is 2.87. The van der Waals surface area contributed by atoms with Crippen LogP contribution in [0.1, 0.15) is 24.0 Å². The number of anilines is 2. The zero-order valence-electron chi connectivity index (χ0n) is 11.9. The third kappa shape index (κ3) is 2.96. The van der Waals surface area contributed by atoms with E-state index in [9.17, 15) is 0 Å². The van der Waals surface area contributed by atoms with E-state index in [1.807, 2.05) is 6.07 Å². The Hall–Kier alpha value is -1.96. The number of benzene rings is 2. The third-order valence-corrected chi connectivity index (χ3v) is 4.09. The molecule has 1 heterocycles. The summed E-state index contributed by atoms with van der Waals surface area (Å²) >= 11 is 0. The first-order chi connectivity index (χ1) is 9.83. The zero-order chi connectivity index (χ0) is 13.8. The SMILES string of the molecule is Nc1ccc2c(c1)N(CCCCc1ccccc1)CC2. The van der Waals surface area contributed by atoms with Gasteiger partial charge in [0.25, 0.3) is 0 Å². The summed E-state index contributed by atoms with van der Waals surface area (Å²) in [7, 11) is 0. The highest BCUT2D eigenvalue weighted by atomic mass is 15.1. The minimum absolute atomic E-state index is 0.875. The van der Waals surface area contributed by atoms with Crippen molar-refractivity contribution in [2.75, 3.05) is 23.7 Å². The Kier molecular flexibility index (Phi) is 3.91. The van der Waals surface area contributed by atoms with Gasteiger partial charge in [-0.25, -0.2) is 0 Å². The zero-order valence-corrected chi connectivity index (χ0v) is 11.9. The van der Waals surface area contributed by atoms with E-state index in [4.69, 9.17) is 5.73 Å². The minimum Gasteiger partial charge on any atom is -0.399 e. The van der Waals surface area contributed by atoms with Crippen LogP contribution in [0.2, 0.25) is 0 Å². The molecule has 1 aliphatic heterocycles. The van der Waals surface area contributed by atoms with E-state index in [0.29, 0.717) is 0 Å². The van der Waals surface area contributed by atoms with Gasteiger partial charge in [-0.2, -0.15) is 0 Å². The van der Waals surface area contributed by atoms with Gasteiger partial charge in [0.05, 0.1) is 0 Å². The van der Waals surface area contributed by atoms with Gasteiger partial charge in [0.1, 0.15) is 0 Å². The molecule has 2 aromatic carbocycles. The van der Waals surface area contributed by atoms with Crippen molar-refractivity contribution in [2.24, 2.45) is 0 Å². The number of aryl methyl sites for hydroxylation is 1. The second kappa shape index (κ2) is 6.00. The van der Waals surface area contributed by atoms with Crippen molar-refractivity contribution in [3.8, 4) is 0 Å². The minimum atomic E-state index is 0.875. The molecule has 0 saturated carbocycles. The lowest BCUT2D eigenvalue weighted by atomic mass is 10.1. The number of nitrogens with zero attached hydrogens (tertiary/aromatic N) is 1. The van der Waals surface area contributed by atoms with Crippen LogP contribution in [0.4, 0.5) is 11.4 Å². The van der Waals surface area contributed by atoms with Gasteiger partial charge in [-0.15, -0.1) is 0 Å². The maximum Gasteiger partial charge on any atom is 0.0420 e. The molecule has 3 rings (SSSR count). The van der Waals surface area contributed by atoms with E-state index in [1.54, 1.807) is 0 Å². The fraction of sp³-hybridized carbons (Fsp3) is 0.333. The van der Waals surface area contributed by atoms with Gasteiger partial charge in [0.15, 0.2) is 0 Å². The van der Waals surface area contributed by atoms with Gasteiger partial charge < -0.3 is 10.6 Å². The van der Waals surface area contributed by atoms with E-state index >= 15 is 0 Å². The summed E-state index contributed by atoms with van der Waals surface area (Å²) in [5, 5.41) is 0. The van der Waals surface area contributed by atoms with Crippen molar-refractivity contribution in [1.29, 1.82) is 0 Å². The molecule has 0 amide bonds. The Morgan fingerprint density at radius 2 is 1.85 bits per heavy atom. The molecule has 0 radical (unpaired) electrons. The summed E-state index contributed by atoms with van der Waals surface area (Å²) in [4.78, 5) is 2.48. The van der Waals surface area contributed by atoms with Gasteiger partial charge in [0.2, 0.25) is 0 Å². The van der Waals surface area contributed by atoms with E-state index in [1.165, 1.54) is 36.1 Å². The lowest BCUT2D eigenvalue weighted by molar-refractivity contribution is 0.700. The first-order valence-electron chi connectivity index (χ1n) is 7.50. The number of nitrogen functional groups attached to an aromatic ring is 1. The topological polar surface area (TPSA) is 29.3 Å². The molecule has 0 spiro atoms. The van der Waals surface area contributed by atoms with Crippen LogP contribution in [0, 0.1) is 0 Å². The molecule has 2 N–H and O–H groups in total. The molecule has 2 aromatic rings. The fourth-order valence-electron chi connectivity index (χ4n) is 2.97. The van der Waals surface area contributed by atoms with Gasteiger partial charge in [-0.3, -0.25) is 0 Å². The largest absolute Gasteiger partial charge is 0.399 e. The molecule has 20 heavy (non-hydrogen) atoms. The molecule has 0 unspecified atom stereocenters. The van der Waals surface area contributed by atoms with Crippen molar-refractivity contribution in [3.05, 3.63) is 59.7 Å². The first-order valence-corrected chi connectivity index (χ1v) is 7.50. The molecule has 0 saturated heterocycles. The predicted molar refractivity (Wildman–Crippen MR) is 86.2 cm³/mol. The smallest absolute Gasteiger partial charge is 0.0420 e. The van der Waals surface area contributed by atoms with Crippen molar-refractivity contribution >= 4 is 11.4 Å². The normalized spacial score (nSPS) is 13.5. The van der Waals surface area contributed by atoms with E-state index in [-0.39, 0.29) is 0 Å². The first kappa shape index (κ1) is 13.0. The lowest BCUT2D eigenvalue weighted by Gasteiger charge is -2.19. The van der Waals surface area contributed by atoms with Crippen LogP contribution >= 0.6 is 0 Å². The Morgan fingerprint density at radius 1 is 1.00 bits per heavy atom. The monoisotopic (exact) mass is 266 g/mol. The van der Waals surface area contributed by atoms with Crippen molar-refractivity contribution in [3.63, 3.8) is 0 Å². The van der Waals surface area contributed by atoms with Crippen LogP contribution in [0.15, 0.2) is 48.5 Å². The van der Waals surface area contributed by atoms with Crippen LogP contribution in [0.5, 0.6) is 0 Å². The number of unbranched alkanes of at least 4 members (excludes halogenated alkanes) is 1. The van der Waals surface area contributed by atoms with Gasteiger partial charge in [-0.05, 0) is 48.9 Å². The average molecular weight is 266 g/mol. The molecule has 2 nitrogen and oxygen atoms in total. The number of fused-ring (bicyclic) bond motifs is 1. The standard InChI is InChI=1S/C18H22N2/c19-17-10-9-16-11-13-20(18(16)14-17)12-5-4-8-15-6-2-1-3-7-15/h1-3,6-7,9-10,14H,4-5,8,11-13,19H2. The lowest BCUT2D eigenvalue weighted by Crippen LogP contribution is -2.21. The number of hydrogen-bond acceptors (Lipinski definition) is 2.